The first kappa shape index (κ1) is 12.1. The van der Waals surface area contributed by atoms with Gasteiger partial charge in [0.05, 0.1) is 4.90 Å². The summed E-state index contributed by atoms with van der Waals surface area (Å²) in [6.07, 6.45) is 0. The van der Waals surface area contributed by atoms with Crippen LogP contribution in [0, 0.1) is 5.92 Å². The molecule has 0 spiro atoms. The van der Waals surface area contributed by atoms with Crippen LogP contribution in [-0.4, -0.2) is 27.3 Å². The van der Waals surface area contributed by atoms with Gasteiger partial charge >= 0.3 is 0 Å². The van der Waals surface area contributed by atoms with Crippen LogP contribution in [0.2, 0.25) is 0 Å². The summed E-state index contributed by atoms with van der Waals surface area (Å²) >= 11 is 0. The Hall–Kier alpha value is -1.40. The lowest BCUT2D eigenvalue weighted by molar-refractivity contribution is 0.594. The fraction of sp³-hybridized carbons (Fsp3) is 0.364. The molecule has 5 nitrogen and oxygen atoms in total. The topological polar surface area (TPSA) is 84.5 Å². The Kier molecular flexibility index (Phi) is 3.17. The van der Waals surface area contributed by atoms with Crippen molar-refractivity contribution < 1.29 is 8.42 Å². The highest BCUT2D eigenvalue weighted by Gasteiger charge is 2.29. The van der Waals surface area contributed by atoms with E-state index in [4.69, 9.17) is 5.73 Å². The van der Waals surface area contributed by atoms with Crippen molar-refractivity contribution in [3.05, 3.63) is 29.8 Å². The Morgan fingerprint density at radius 1 is 1.41 bits per heavy atom. The van der Waals surface area contributed by atoms with E-state index >= 15 is 0 Å². The molecule has 1 aromatic rings. The molecule has 0 saturated carbocycles. The molecule has 1 atom stereocenters. The Balaban J connectivity index is 2.35. The van der Waals surface area contributed by atoms with Crippen LogP contribution in [0.25, 0.3) is 0 Å². The van der Waals surface area contributed by atoms with E-state index in [2.05, 4.69) is 9.71 Å². The molecule has 2 rings (SSSR count). The number of fused-ring (bicyclic) bond motifs is 1. The number of aliphatic imine (C=N–C) groups is 1. The number of nitrogens with zero attached hydrogens (tertiary/aromatic N) is 1. The van der Waals surface area contributed by atoms with Crippen molar-refractivity contribution in [1.29, 1.82) is 0 Å². The molecule has 3 N–H and O–H groups in total. The van der Waals surface area contributed by atoms with Gasteiger partial charge < -0.3 is 5.73 Å². The van der Waals surface area contributed by atoms with E-state index in [9.17, 15) is 8.42 Å². The Morgan fingerprint density at radius 2 is 2.12 bits per heavy atom. The minimum Gasteiger partial charge on any atom is -0.330 e. The molecule has 0 aliphatic carbocycles. The van der Waals surface area contributed by atoms with Gasteiger partial charge in [-0.15, -0.1) is 0 Å². The first-order valence-electron chi connectivity index (χ1n) is 5.41. The molecule has 0 radical (unpaired) electrons. The van der Waals surface area contributed by atoms with E-state index in [1.807, 2.05) is 6.92 Å². The van der Waals surface area contributed by atoms with Crippen molar-refractivity contribution in [2.75, 3.05) is 13.1 Å². The van der Waals surface area contributed by atoms with Crippen LogP contribution < -0.4 is 10.5 Å². The molecule has 17 heavy (non-hydrogen) atoms. The van der Waals surface area contributed by atoms with Gasteiger partial charge in [0.25, 0.3) is 10.0 Å². The molecule has 1 aromatic carbocycles. The molecule has 0 saturated heterocycles. The highest BCUT2D eigenvalue weighted by atomic mass is 32.2. The quantitative estimate of drug-likeness (QED) is 0.813. The minimum absolute atomic E-state index is 0.236. The van der Waals surface area contributed by atoms with E-state index in [0.29, 0.717) is 29.4 Å². The number of amidine groups is 1. The van der Waals surface area contributed by atoms with Crippen LogP contribution >= 0.6 is 0 Å². The van der Waals surface area contributed by atoms with Gasteiger partial charge in [0, 0.05) is 12.1 Å². The summed E-state index contributed by atoms with van der Waals surface area (Å²) < 4.78 is 26.0. The predicted molar refractivity (Wildman–Crippen MR) is 66.4 cm³/mol. The van der Waals surface area contributed by atoms with Gasteiger partial charge in [-0.05, 0) is 24.6 Å². The fourth-order valence-electron chi connectivity index (χ4n) is 1.57. The second-order valence-corrected chi connectivity index (χ2v) is 5.78. The lowest BCUT2D eigenvalue weighted by Crippen LogP contribution is -2.23. The normalized spacial score (nSPS) is 20.9. The number of hydrogen-bond acceptors (Lipinski definition) is 4. The molecular weight excluding hydrogens is 238 g/mol. The van der Waals surface area contributed by atoms with Crippen LogP contribution in [-0.2, 0) is 10.0 Å². The average molecular weight is 253 g/mol. The van der Waals surface area contributed by atoms with Crippen molar-refractivity contribution in [3.63, 3.8) is 0 Å². The number of hydrogen-bond donors (Lipinski definition) is 2. The summed E-state index contributed by atoms with van der Waals surface area (Å²) in [5.74, 6) is 0.653. The third kappa shape index (κ3) is 2.32. The minimum atomic E-state index is -3.42. The molecule has 1 unspecified atom stereocenters. The maximum absolute atomic E-state index is 11.8. The molecule has 1 aliphatic heterocycles. The number of nitrogens with one attached hydrogen (secondary N) is 1. The molecule has 1 heterocycles. The molecule has 0 bridgehead atoms. The first-order valence-corrected chi connectivity index (χ1v) is 6.89. The average Bonchev–Trinajstić information content (AvgIpc) is 2.59. The zero-order chi connectivity index (χ0) is 12.5. The third-order valence-corrected chi connectivity index (χ3v) is 4.02. The van der Waals surface area contributed by atoms with Crippen molar-refractivity contribution >= 4 is 15.9 Å². The van der Waals surface area contributed by atoms with Crippen molar-refractivity contribution in [1.82, 2.24) is 4.72 Å². The lowest BCUT2D eigenvalue weighted by atomic mass is 10.2. The standard InChI is InChI=1S/C11H15N3O2S/c1-8(6-12)7-13-11-9-4-2-3-5-10(9)17(15,16)14-11/h2-5,8H,6-7,12H2,1H3,(H,13,14). The maximum atomic E-state index is 11.8. The predicted octanol–water partition coefficient (Wildman–Crippen LogP) is 0.320. The van der Waals surface area contributed by atoms with E-state index in [0.717, 1.165) is 0 Å². The largest absolute Gasteiger partial charge is 0.330 e. The van der Waals surface area contributed by atoms with Crippen LogP contribution in [0.1, 0.15) is 12.5 Å². The summed E-state index contributed by atoms with van der Waals surface area (Å²) in [5, 5.41) is 0. The second-order valence-electron chi connectivity index (χ2n) is 4.13. The number of benzene rings is 1. The highest BCUT2D eigenvalue weighted by Crippen LogP contribution is 2.22. The maximum Gasteiger partial charge on any atom is 0.263 e. The Morgan fingerprint density at radius 3 is 2.82 bits per heavy atom. The molecule has 0 amide bonds. The van der Waals surface area contributed by atoms with Crippen LogP contribution in [0.4, 0.5) is 0 Å². The molecule has 92 valence electrons. The molecule has 6 heteroatoms. The van der Waals surface area contributed by atoms with Crippen LogP contribution in [0.5, 0.6) is 0 Å². The Bertz CT molecular complexity index is 552. The van der Waals surface area contributed by atoms with Crippen molar-refractivity contribution in [2.24, 2.45) is 16.6 Å². The first-order chi connectivity index (χ1) is 8.04. The third-order valence-electron chi connectivity index (χ3n) is 2.63. The van der Waals surface area contributed by atoms with Crippen molar-refractivity contribution in [3.8, 4) is 0 Å². The number of sulfonamides is 1. The fourth-order valence-corrected chi connectivity index (χ4v) is 2.82. The second kappa shape index (κ2) is 4.46. The van der Waals surface area contributed by atoms with E-state index < -0.39 is 10.0 Å². The Labute approximate surface area is 101 Å². The highest BCUT2D eigenvalue weighted by molar-refractivity contribution is 7.90. The van der Waals surface area contributed by atoms with Crippen LogP contribution in [0.15, 0.2) is 34.2 Å². The van der Waals surface area contributed by atoms with E-state index in [1.54, 1.807) is 24.3 Å². The monoisotopic (exact) mass is 253 g/mol. The summed E-state index contributed by atoms with van der Waals surface area (Å²) in [6.45, 7) is 3.02. The summed E-state index contributed by atoms with van der Waals surface area (Å²) in [6, 6.07) is 6.82. The van der Waals surface area contributed by atoms with Gasteiger partial charge in [-0.3, -0.25) is 9.71 Å². The smallest absolute Gasteiger partial charge is 0.263 e. The van der Waals surface area contributed by atoms with Gasteiger partial charge in [0.15, 0.2) is 0 Å². The SMILES string of the molecule is CC(CN)CN=C1NS(=O)(=O)c2ccccc21. The van der Waals surface area contributed by atoms with Crippen molar-refractivity contribution in [2.45, 2.75) is 11.8 Å². The van der Waals surface area contributed by atoms with Gasteiger partial charge in [-0.25, -0.2) is 8.42 Å². The van der Waals surface area contributed by atoms with Gasteiger partial charge in [-0.1, -0.05) is 19.1 Å². The molecular formula is C11H15N3O2S. The summed E-state index contributed by atoms with van der Waals surface area (Å²) in [4.78, 5) is 4.57. The van der Waals surface area contributed by atoms with E-state index in [-0.39, 0.29) is 5.92 Å². The zero-order valence-electron chi connectivity index (χ0n) is 9.55. The number of nitrogens with two attached hydrogens (primary N) is 1. The van der Waals surface area contributed by atoms with Gasteiger partial charge in [-0.2, -0.15) is 0 Å². The lowest BCUT2D eigenvalue weighted by Gasteiger charge is -2.04. The zero-order valence-corrected chi connectivity index (χ0v) is 10.4. The van der Waals surface area contributed by atoms with Gasteiger partial charge in [0.1, 0.15) is 5.84 Å². The molecule has 0 fully saturated rings. The van der Waals surface area contributed by atoms with E-state index in [1.165, 1.54) is 0 Å². The summed E-state index contributed by atoms with van der Waals surface area (Å²) in [5.41, 5.74) is 6.13. The molecule has 0 aromatic heterocycles. The molecule has 1 aliphatic rings. The van der Waals surface area contributed by atoms with Gasteiger partial charge in [0.2, 0.25) is 0 Å². The van der Waals surface area contributed by atoms with Crippen LogP contribution in [0.3, 0.4) is 0 Å². The summed E-state index contributed by atoms with van der Waals surface area (Å²) in [7, 11) is -3.42. The number of rotatable bonds is 3.